The number of unbranched alkanes of at least 4 members (excludes halogenated alkanes) is 18. The number of aliphatic hydroxyl groups excluding tert-OH is 4. The summed E-state index contributed by atoms with van der Waals surface area (Å²) in [7, 11) is 0. The molecule has 274 valence electrons. The van der Waals surface area contributed by atoms with Crippen LogP contribution >= 0.6 is 0 Å². The van der Waals surface area contributed by atoms with Crippen molar-refractivity contribution < 1.29 is 25.2 Å². The Morgan fingerprint density at radius 3 is 1.51 bits per heavy atom. The van der Waals surface area contributed by atoms with E-state index in [-0.39, 0.29) is 0 Å². The predicted molar refractivity (Wildman–Crippen MR) is 200 cm³/mol. The molecule has 0 aliphatic heterocycles. The van der Waals surface area contributed by atoms with Gasteiger partial charge in [0.05, 0.1) is 18.8 Å². The van der Waals surface area contributed by atoms with E-state index in [1.165, 1.54) is 77.0 Å². The van der Waals surface area contributed by atoms with E-state index < -0.39 is 36.9 Å². The average molecular weight is 662 g/mol. The van der Waals surface area contributed by atoms with Gasteiger partial charge in [0.15, 0.2) is 0 Å². The molecule has 0 aliphatic rings. The van der Waals surface area contributed by atoms with Crippen molar-refractivity contribution in [3.8, 4) is 0 Å². The van der Waals surface area contributed by atoms with Gasteiger partial charge in [0.2, 0.25) is 5.91 Å². The van der Waals surface area contributed by atoms with Gasteiger partial charge in [0.1, 0.15) is 12.2 Å². The number of hydrogen-bond acceptors (Lipinski definition) is 5. The molecule has 0 aromatic rings. The van der Waals surface area contributed by atoms with Crippen molar-refractivity contribution in [2.75, 3.05) is 6.61 Å². The number of nitrogens with one attached hydrogen (secondary N) is 1. The number of rotatable bonds is 34. The third kappa shape index (κ3) is 30.1. The molecular formula is C41H75NO5. The number of carbonyl (C=O) groups is 1. The van der Waals surface area contributed by atoms with Crippen molar-refractivity contribution in [1.82, 2.24) is 5.32 Å². The Kier molecular flexibility index (Phi) is 34.3. The van der Waals surface area contributed by atoms with E-state index in [9.17, 15) is 25.2 Å². The zero-order valence-corrected chi connectivity index (χ0v) is 30.5. The highest BCUT2D eigenvalue weighted by Gasteiger charge is 2.28. The number of aliphatic hydroxyl groups is 4. The Bertz CT molecular complexity index is 793. The Morgan fingerprint density at radius 2 is 0.957 bits per heavy atom. The molecule has 0 heterocycles. The molecule has 6 nitrogen and oxygen atoms in total. The minimum atomic E-state index is -1.29. The van der Waals surface area contributed by atoms with Crippen molar-refractivity contribution in [2.24, 2.45) is 0 Å². The van der Waals surface area contributed by atoms with Gasteiger partial charge in [0, 0.05) is 0 Å². The van der Waals surface area contributed by atoms with Crippen LogP contribution in [-0.4, -0.2) is 57.3 Å². The van der Waals surface area contributed by atoms with Crippen LogP contribution in [0.25, 0.3) is 0 Å². The van der Waals surface area contributed by atoms with Crippen LogP contribution < -0.4 is 5.32 Å². The normalized spacial score (nSPS) is 14.9. The lowest BCUT2D eigenvalue weighted by Gasteiger charge is -2.27. The van der Waals surface area contributed by atoms with Crippen molar-refractivity contribution in [1.29, 1.82) is 0 Å². The smallest absolute Gasteiger partial charge is 0.249 e. The van der Waals surface area contributed by atoms with Gasteiger partial charge in [-0.2, -0.15) is 0 Å². The SMILES string of the molecule is CCCCC/C=C\C=C/CCCCCCCC(O)C(=O)NC(CO)C(O)C(O)CCC/C=C/CC/C=C/CCCCCCCCCC. The van der Waals surface area contributed by atoms with Gasteiger partial charge >= 0.3 is 0 Å². The first kappa shape index (κ1) is 45.3. The topological polar surface area (TPSA) is 110 Å². The zero-order chi connectivity index (χ0) is 34.6. The second-order valence-electron chi connectivity index (χ2n) is 13.3. The van der Waals surface area contributed by atoms with E-state index in [0.717, 1.165) is 64.2 Å². The summed E-state index contributed by atoms with van der Waals surface area (Å²) in [6.45, 7) is 3.97. The summed E-state index contributed by atoms with van der Waals surface area (Å²) >= 11 is 0. The average Bonchev–Trinajstić information content (AvgIpc) is 3.07. The molecule has 0 aliphatic carbocycles. The standard InChI is InChI=1S/C41H75NO5/c1-3-5-7-9-11-13-15-17-19-20-21-23-24-26-28-30-32-34-38(44)40(46)37(36-43)42-41(47)39(45)35-33-31-29-27-25-22-18-16-14-12-10-8-6-4-2/h12,14,16,18,20-21,26,28,37-40,43-46H,3-11,13,15,17,19,22-25,27,29-36H2,1-2H3,(H,42,47)/b14-12-,18-16-,21-20+,28-26+. The minimum absolute atomic E-state index is 0.340. The molecule has 5 N–H and O–H groups in total. The van der Waals surface area contributed by atoms with Gasteiger partial charge in [-0.05, 0) is 77.0 Å². The van der Waals surface area contributed by atoms with Crippen LogP contribution in [-0.2, 0) is 4.79 Å². The summed E-state index contributed by atoms with van der Waals surface area (Å²) in [6.07, 6.45) is 41.3. The molecule has 1 amide bonds. The maximum Gasteiger partial charge on any atom is 0.249 e. The maximum absolute atomic E-state index is 12.4. The maximum atomic E-state index is 12.4. The van der Waals surface area contributed by atoms with Gasteiger partial charge < -0.3 is 25.7 Å². The van der Waals surface area contributed by atoms with E-state index in [2.05, 4.69) is 67.8 Å². The Morgan fingerprint density at radius 1 is 0.532 bits per heavy atom. The van der Waals surface area contributed by atoms with Crippen molar-refractivity contribution in [3.05, 3.63) is 48.6 Å². The van der Waals surface area contributed by atoms with E-state index >= 15 is 0 Å². The molecule has 0 bridgehead atoms. The highest BCUT2D eigenvalue weighted by molar-refractivity contribution is 5.80. The highest BCUT2D eigenvalue weighted by atomic mass is 16.3. The molecule has 0 spiro atoms. The monoisotopic (exact) mass is 662 g/mol. The number of carbonyl (C=O) groups excluding carboxylic acids is 1. The fraction of sp³-hybridized carbons (Fsp3) is 0.780. The van der Waals surface area contributed by atoms with Crippen LogP contribution in [0.2, 0.25) is 0 Å². The van der Waals surface area contributed by atoms with E-state index in [4.69, 9.17) is 0 Å². The first-order chi connectivity index (χ1) is 23.0. The van der Waals surface area contributed by atoms with Crippen molar-refractivity contribution in [3.63, 3.8) is 0 Å². The third-order valence-corrected chi connectivity index (χ3v) is 8.77. The Labute approximate surface area is 289 Å². The summed E-state index contributed by atoms with van der Waals surface area (Å²) in [5.41, 5.74) is 0. The molecule has 0 radical (unpaired) electrons. The molecule has 4 atom stereocenters. The fourth-order valence-corrected chi connectivity index (χ4v) is 5.58. The number of amides is 1. The summed E-state index contributed by atoms with van der Waals surface area (Å²) in [6, 6.07) is -1.01. The molecule has 0 aromatic heterocycles. The third-order valence-electron chi connectivity index (χ3n) is 8.77. The van der Waals surface area contributed by atoms with Crippen LogP contribution in [0.1, 0.15) is 174 Å². The predicted octanol–water partition coefficient (Wildman–Crippen LogP) is 9.56. The number of allylic oxidation sites excluding steroid dienone is 8. The van der Waals surface area contributed by atoms with Gasteiger partial charge in [-0.25, -0.2) is 0 Å². The lowest BCUT2D eigenvalue weighted by atomic mass is 10.00. The molecule has 0 saturated carbocycles. The van der Waals surface area contributed by atoms with Crippen molar-refractivity contribution >= 4 is 5.91 Å². The Balaban J connectivity index is 3.91. The number of hydrogen-bond donors (Lipinski definition) is 5. The molecule has 0 rings (SSSR count). The second-order valence-corrected chi connectivity index (χ2v) is 13.3. The largest absolute Gasteiger partial charge is 0.394 e. The van der Waals surface area contributed by atoms with Gasteiger partial charge in [-0.1, -0.05) is 146 Å². The minimum Gasteiger partial charge on any atom is -0.394 e. The fourth-order valence-electron chi connectivity index (χ4n) is 5.58. The summed E-state index contributed by atoms with van der Waals surface area (Å²) in [4.78, 5) is 12.4. The van der Waals surface area contributed by atoms with Crippen LogP contribution in [0.3, 0.4) is 0 Å². The van der Waals surface area contributed by atoms with Gasteiger partial charge in [-0.15, -0.1) is 0 Å². The molecule has 0 aromatic carbocycles. The van der Waals surface area contributed by atoms with Crippen LogP contribution in [0, 0.1) is 0 Å². The molecule has 6 heteroatoms. The lowest BCUT2D eigenvalue weighted by molar-refractivity contribution is -0.132. The van der Waals surface area contributed by atoms with Crippen LogP contribution in [0.5, 0.6) is 0 Å². The zero-order valence-electron chi connectivity index (χ0n) is 30.5. The molecular weight excluding hydrogens is 586 g/mol. The van der Waals surface area contributed by atoms with Gasteiger partial charge in [0.25, 0.3) is 0 Å². The van der Waals surface area contributed by atoms with E-state index in [1.807, 2.05) is 0 Å². The van der Waals surface area contributed by atoms with Gasteiger partial charge in [-0.3, -0.25) is 4.79 Å². The first-order valence-electron chi connectivity index (χ1n) is 19.5. The van der Waals surface area contributed by atoms with E-state index in [0.29, 0.717) is 19.3 Å². The first-order valence-corrected chi connectivity index (χ1v) is 19.5. The quantitative estimate of drug-likeness (QED) is 0.0268. The lowest BCUT2D eigenvalue weighted by Crippen LogP contribution is -2.53. The van der Waals surface area contributed by atoms with Crippen molar-refractivity contribution in [2.45, 2.75) is 199 Å². The summed E-state index contributed by atoms with van der Waals surface area (Å²) in [5.74, 6) is -0.613. The Hall–Kier alpha value is -1.73. The van der Waals surface area contributed by atoms with Crippen LogP contribution in [0.4, 0.5) is 0 Å². The molecule has 4 unspecified atom stereocenters. The summed E-state index contributed by atoms with van der Waals surface area (Å²) < 4.78 is 0. The van der Waals surface area contributed by atoms with E-state index in [1.54, 1.807) is 0 Å². The summed E-state index contributed by atoms with van der Waals surface area (Å²) in [5, 5.41) is 43.4. The van der Waals surface area contributed by atoms with Crippen LogP contribution in [0.15, 0.2) is 48.6 Å². The molecule has 0 saturated heterocycles. The molecule has 47 heavy (non-hydrogen) atoms. The molecule has 0 fully saturated rings. The second kappa shape index (κ2) is 35.6. The highest BCUT2D eigenvalue weighted by Crippen LogP contribution is 2.13.